The molecule has 1 aromatic carbocycles. The smallest absolute Gasteiger partial charge is 0.0438 e. The predicted molar refractivity (Wildman–Crippen MR) is 66.3 cm³/mol. The van der Waals surface area contributed by atoms with Crippen LogP contribution in [-0.2, 0) is 6.42 Å². The van der Waals surface area contributed by atoms with Gasteiger partial charge in [0.25, 0.3) is 0 Å². The lowest BCUT2D eigenvalue weighted by Crippen LogP contribution is -2.34. The maximum atomic E-state index is 6.07. The fourth-order valence-electron chi connectivity index (χ4n) is 1.60. The average molecular weight is 227 g/mol. The van der Waals surface area contributed by atoms with Crippen molar-refractivity contribution in [2.24, 2.45) is 5.73 Å². The second-order valence-corrected chi connectivity index (χ2v) is 4.49. The first-order valence-corrected chi connectivity index (χ1v) is 5.65. The molecular weight excluding hydrogens is 208 g/mol. The zero-order chi connectivity index (χ0) is 11.3. The minimum Gasteiger partial charge on any atom is -0.327 e. The van der Waals surface area contributed by atoms with Gasteiger partial charge in [0.2, 0.25) is 0 Å². The third-order valence-electron chi connectivity index (χ3n) is 2.32. The summed E-state index contributed by atoms with van der Waals surface area (Å²) in [6.07, 6.45) is 0.975. The van der Waals surface area contributed by atoms with Crippen LogP contribution in [0.4, 0.5) is 0 Å². The van der Waals surface area contributed by atoms with Crippen LogP contribution in [0.5, 0.6) is 0 Å². The Kier molecular flexibility index (Phi) is 5.09. The molecule has 0 amide bonds. The summed E-state index contributed by atoms with van der Waals surface area (Å²) < 4.78 is 0. The van der Waals surface area contributed by atoms with Crippen LogP contribution in [-0.4, -0.2) is 31.1 Å². The number of nitrogens with two attached hydrogens (primary N) is 1. The number of hydrogen-bond acceptors (Lipinski definition) is 2. The van der Waals surface area contributed by atoms with Crippen molar-refractivity contribution in [3.63, 3.8) is 0 Å². The van der Waals surface area contributed by atoms with Crippen molar-refractivity contribution in [3.8, 4) is 0 Å². The van der Waals surface area contributed by atoms with E-state index in [9.17, 15) is 0 Å². The molecule has 2 N–H and O–H groups in total. The highest BCUT2D eigenvalue weighted by Gasteiger charge is 2.03. The van der Waals surface area contributed by atoms with E-state index in [0.29, 0.717) is 0 Å². The van der Waals surface area contributed by atoms with Crippen LogP contribution < -0.4 is 5.73 Å². The van der Waals surface area contributed by atoms with Gasteiger partial charge in [0.15, 0.2) is 0 Å². The summed E-state index contributed by atoms with van der Waals surface area (Å²) in [6.45, 7) is 3.93. The van der Waals surface area contributed by atoms with Gasteiger partial charge in [-0.2, -0.15) is 0 Å². The molecule has 1 aromatic rings. The number of likely N-dealkylation sites (N-methyl/N-ethyl adjacent to an activating group) is 1. The van der Waals surface area contributed by atoms with E-state index in [-0.39, 0.29) is 6.04 Å². The Morgan fingerprint density at radius 3 is 2.67 bits per heavy atom. The van der Waals surface area contributed by atoms with Crippen molar-refractivity contribution in [1.29, 1.82) is 0 Å². The van der Waals surface area contributed by atoms with E-state index in [1.807, 2.05) is 25.1 Å². The first-order valence-electron chi connectivity index (χ1n) is 5.27. The van der Waals surface area contributed by atoms with E-state index in [0.717, 1.165) is 24.5 Å². The summed E-state index contributed by atoms with van der Waals surface area (Å²) >= 11 is 6.07. The van der Waals surface area contributed by atoms with Crippen LogP contribution in [0.2, 0.25) is 5.02 Å². The Hall–Kier alpha value is -0.570. The Balaban J connectivity index is 2.40. The van der Waals surface area contributed by atoms with E-state index >= 15 is 0 Å². The fourth-order valence-corrected chi connectivity index (χ4v) is 1.83. The molecule has 0 unspecified atom stereocenters. The van der Waals surface area contributed by atoms with Crippen LogP contribution >= 0.6 is 11.6 Å². The Morgan fingerprint density at radius 2 is 2.07 bits per heavy atom. The molecule has 0 aliphatic carbocycles. The molecule has 0 fully saturated rings. The summed E-state index contributed by atoms with van der Waals surface area (Å²) in [7, 11) is 2.08. The monoisotopic (exact) mass is 226 g/mol. The Labute approximate surface area is 97.0 Å². The van der Waals surface area contributed by atoms with Gasteiger partial charge in [0.05, 0.1) is 0 Å². The van der Waals surface area contributed by atoms with Gasteiger partial charge in [-0.05, 0) is 32.0 Å². The molecule has 2 nitrogen and oxygen atoms in total. The number of rotatable bonds is 5. The quantitative estimate of drug-likeness (QED) is 0.834. The summed E-state index contributed by atoms with van der Waals surface area (Å²) in [5.41, 5.74) is 6.93. The first kappa shape index (κ1) is 12.5. The highest BCUT2D eigenvalue weighted by atomic mass is 35.5. The molecule has 0 spiro atoms. The van der Waals surface area contributed by atoms with Gasteiger partial charge in [0, 0.05) is 24.2 Å². The lowest BCUT2D eigenvalue weighted by Gasteiger charge is -2.18. The average Bonchev–Trinajstić information content (AvgIpc) is 2.15. The van der Waals surface area contributed by atoms with Gasteiger partial charge < -0.3 is 10.6 Å². The van der Waals surface area contributed by atoms with E-state index in [1.165, 1.54) is 5.56 Å². The molecule has 0 aliphatic heterocycles. The van der Waals surface area contributed by atoms with Crippen LogP contribution in [0, 0.1) is 0 Å². The third kappa shape index (κ3) is 4.65. The summed E-state index contributed by atoms with van der Waals surface area (Å²) in [6, 6.07) is 8.20. The van der Waals surface area contributed by atoms with Crippen molar-refractivity contribution < 1.29 is 0 Å². The lowest BCUT2D eigenvalue weighted by molar-refractivity contribution is 0.321. The van der Waals surface area contributed by atoms with Crippen LogP contribution in [0.3, 0.4) is 0 Å². The third-order valence-corrected chi connectivity index (χ3v) is 2.69. The highest BCUT2D eigenvalue weighted by Crippen LogP contribution is 2.15. The Bertz CT molecular complexity index is 299. The molecule has 0 bridgehead atoms. The number of benzene rings is 1. The minimum atomic E-state index is 0.223. The largest absolute Gasteiger partial charge is 0.327 e. The Morgan fingerprint density at radius 1 is 1.40 bits per heavy atom. The van der Waals surface area contributed by atoms with Crippen molar-refractivity contribution in [1.82, 2.24) is 4.90 Å². The van der Waals surface area contributed by atoms with Gasteiger partial charge in [-0.15, -0.1) is 0 Å². The summed E-state index contributed by atoms with van der Waals surface area (Å²) in [4.78, 5) is 2.23. The maximum absolute atomic E-state index is 6.07. The zero-order valence-electron chi connectivity index (χ0n) is 9.41. The molecule has 1 rings (SSSR count). The second kappa shape index (κ2) is 6.11. The van der Waals surface area contributed by atoms with Gasteiger partial charge >= 0.3 is 0 Å². The van der Waals surface area contributed by atoms with Crippen LogP contribution in [0.1, 0.15) is 12.5 Å². The van der Waals surface area contributed by atoms with Crippen molar-refractivity contribution in [3.05, 3.63) is 34.9 Å². The molecule has 0 radical (unpaired) electrons. The molecule has 1 atom stereocenters. The topological polar surface area (TPSA) is 29.3 Å². The normalized spacial score (nSPS) is 13.1. The van der Waals surface area contributed by atoms with Gasteiger partial charge in [0.1, 0.15) is 0 Å². The molecule has 0 saturated carbocycles. The molecule has 0 aliphatic rings. The van der Waals surface area contributed by atoms with E-state index in [4.69, 9.17) is 17.3 Å². The maximum Gasteiger partial charge on any atom is 0.0438 e. The molecule has 3 heteroatoms. The first-order chi connectivity index (χ1) is 7.09. The molecule has 0 heterocycles. The van der Waals surface area contributed by atoms with Gasteiger partial charge in [-0.25, -0.2) is 0 Å². The van der Waals surface area contributed by atoms with Crippen LogP contribution in [0.15, 0.2) is 24.3 Å². The summed E-state index contributed by atoms with van der Waals surface area (Å²) in [5.74, 6) is 0. The van der Waals surface area contributed by atoms with Gasteiger partial charge in [-0.3, -0.25) is 0 Å². The van der Waals surface area contributed by atoms with E-state index in [1.54, 1.807) is 0 Å². The SMILES string of the molecule is C[C@@H](N)CN(C)CCc1ccccc1Cl. The summed E-state index contributed by atoms with van der Waals surface area (Å²) in [5, 5.41) is 0.853. The zero-order valence-corrected chi connectivity index (χ0v) is 10.2. The molecular formula is C12H19ClN2. The van der Waals surface area contributed by atoms with E-state index in [2.05, 4.69) is 18.0 Å². The van der Waals surface area contributed by atoms with Crippen molar-refractivity contribution >= 4 is 11.6 Å². The molecule has 0 saturated heterocycles. The number of hydrogen-bond donors (Lipinski definition) is 1. The fraction of sp³-hybridized carbons (Fsp3) is 0.500. The molecule has 0 aromatic heterocycles. The lowest BCUT2D eigenvalue weighted by atomic mass is 10.1. The number of nitrogens with zero attached hydrogens (tertiary/aromatic N) is 1. The molecule has 15 heavy (non-hydrogen) atoms. The second-order valence-electron chi connectivity index (χ2n) is 4.08. The molecule has 84 valence electrons. The standard InChI is InChI=1S/C12H19ClN2/c1-10(14)9-15(2)8-7-11-5-3-4-6-12(11)13/h3-6,10H,7-9,14H2,1-2H3/t10-/m1/s1. The predicted octanol–water partition coefficient (Wildman–Crippen LogP) is 2.16. The van der Waals surface area contributed by atoms with E-state index < -0.39 is 0 Å². The van der Waals surface area contributed by atoms with Crippen LogP contribution in [0.25, 0.3) is 0 Å². The minimum absolute atomic E-state index is 0.223. The number of halogens is 1. The van der Waals surface area contributed by atoms with Gasteiger partial charge in [-0.1, -0.05) is 29.8 Å². The van der Waals surface area contributed by atoms with Crippen molar-refractivity contribution in [2.45, 2.75) is 19.4 Å². The highest BCUT2D eigenvalue weighted by molar-refractivity contribution is 6.31. The van der Waals surface area contributed by atoms with Crippen molar-refractivity contribution in [2.75, 3.05) is 20.1 Å².